The summed E-state index contributed by atoms with van der Waals surface area (Å²) in [6, 6.07) is 0. The van der Waals surface area contributed by atoms with Gasteiger partial charge in [0.25, 0.3) is 0 Å². The van der Waals surface area contributed by atoms with Gasteiger partial charge in [0, 0.05) is 6.42 Å². The van der Waals surface area contributed by atoms with Crippen LogP contribution in [-0.2, 0) is 4.79 Å². The average Bonchev–Trinajstić information content (AvgIpc) is 1.85. The maximum atomic E-state index is 10.5. The fourth-order valence-electron chi connectivity index (χ4n) is 0.710. The molecule has 0 aliphatic rings. The van der Waals surface area contributed by atoms with Crippen LogP contribution in [0.3, 0.4) is 0 Å². The molecule has 0 N–H and O–H groups in total. The Hall–Kier alpha value is -0.590. The fourth-order valence-corrected chi connectivity index (χ4v) is 0.710. The van der Waals surface area contributed by atoms with Crippen molar-refractivity contribution in [2.45, 2.75) is 33.6 Å². The first-order valence-electron chi connectivity index (χ1n) is 3.66. The molecule has 0 atom stereocenters. The van der Waals surface area contributed by atoms with Crippen LogP contribution in [0.2, 0.25) is 0 Å². The van der Waals surface area contributed by atoms with Crippen molar-refractivity contribution in [1.82, 2.24) is 0 Å². The number of hydrogen-bond donors (Lipinski definition) is 0. The van der Waals surface area contributed by atoms with E-state index in [1.807, 2.05) is 13.3 Å². The van der Waals surface area contributed by atoms with Gasteiger partial charge in [0.1, 0.15) is 5.78 Å². The van der Waals surface area contributed by atoms with E-state index in [9.17, 15) is 4.79 Å². The third kappa shape index (κ3) is 5.54. The van der Waals surface area contributed by atoms with E-state index in [1.54, 1.807) is 6.92 Å². The lowest BCUT2D eigenvalue weighted by Crippen LogP contribution is -1.90. The summed E-state index contributed by atoms with van der Waals surface area (Å²) < 4.78 is 0. The summed E-state index contributed by atoms with van der Waals surface area (Å²) in [4.78, 5) is 10.5. The Bertz CT molecular complexity index is 134. The van der Waals surface area contributed by atoms with Crippen molar-refractivity contribution in [3.05, 3.63) is 18.1 Å². The summed E-state index contributed by atoms with van der Waals surface area (Å²) in [5.74, 6) is 0.226. The molecule has 0 bridgehead atoms. The van der Waals surface area contributed by atoms with Crippen LogP contribution in [0.25, 0.3) is 0 Å². The molecular formula is C9H15O. The average molecular weight is 139 g/mol. The summed E-state index contributed by atoms with van der Waals surface area (Å²) in [5.41, 5.74) is 1.21. The van der Waals surface area contributed by atoms with Crippen LogP contribution in [0.1, 0.15) is 33.6 Å². The first kappa shape index (κ1) is 9.41. The summed E-state index contributed by atoms with van der Waals surface area (Å²) in [6.07, 6.45) is 5.69. The Labute approximate surface area is 63.1 Å². The molecule has 0 aromatic rings. The number of carbonyl (C=O) groups is 1. The van der Waals surface area contributed by atoms with E-state index in [1.165, 1.54) is 5.57 Å². The monoisotopic (exact) mass is 139 g/mol. The van der Waals surface area contributed by atoms with Gasteiger partial charge in [-0.15, -0.1) is 0 Å². The molecule has 57 valence electrons. The second kappa shape index (κ2) is 5.21. The number of rotatable bonds is 4. The molecule has 0 aromatic carbocycles. The zero-order chi connectivity index (χ0) is 7.98. The predicted molar refractivity (Wildman–Crippen MR) is 43.6 cm³/mol. The molecule has 0 fully saturated rings. The molecule has 1 heteroatoms. The van der Waals surface area contributed by atoms with Crippen LogP contribution in [0.5, 0.6) is 0 Å². The SMILES string of the molecule is CCC=C(C)[CH]CC(C)=O. The first-order chi connectivity index (χ1) is 4.66. The van der Waals surface area contributed by atoms with Gasteiger partial charge in [-0.3, -0.25) is 0 Å². The van der Waals surface area contributed by atoms with Crippen molar-refractivity contribution < 1.29 is 4.79 Å². The minimum Gasteiger partial charge on any atom is -0.300 e. The molecule has 0 aromatic heterocycles. The van der Waals surface area contributed by atoms with Crippen LogP contribution >= 0.6 is 0 Å². The molecule has 0 amide bonds. The zero-order valence-electron chi connectivity index (χ0n) is 6.98. The number of Topliss-reactive ketones (excluding diaryl/α,β-unsaturated/α-hetero) is 1. The highest BCUT2D eigenvalue weighted by molar-refractivity contribution is 5.77. The van der Waals surface area contributed by atoms with Gasteiger partial charge in [0.05, 0.1) is 0 Å². The summed E-state index contributed by atoms with van der Waals surface area (Å²) >= 11 is 0. The number of carbonyl (C=O) groups excluding carboxylic acids is 1. The van der Waals surface area contributed by atoms with Crippen LogP contribution in [0, 0.1) is 6.42 Å². The van der Waals surface area contributed by atoms with E-state index in [-0.39, 0.29) is 5.78 Å². The van der Waals surface area contributed by atoms with Crippen LogP contribution in [-0.4, -0.2) is 5.78 Å². The minimum atomic E-state index is 0.226. The Morgan fingerprint density at radius 3 is 2.40 bits per heavy atom. The third-order valence-electron chi connectivity index (χ3n) is 1.24. The zero-order valence-corrected chi connectivity index (χ0v) is 6.98. The standard InChI is InChI=1S/C9H15O/c1-4-5-8(2)6-7-9(3)10/h5-6H,4,7H2,1-3H3. The molecule has 0 saturated carbocycles. The predicted octanol–water partition coefficient (Wildman–Crippen LogP) is 2.53. The molecule has 0 heterocycles. The lowest BCUT2D eigenvalue weighted by Gasteiger charge is -1.95. The van der Waals surface area contributed by atoms with Crippen LogP contribution < -0.4 is 0 Å². The summed E-state index contributed by atoms with van der Waals surface area (Å²) in [7, 11) is 0. The molecule has 0 aliphatic heterocycles. The van der Waals surface area contributed by atoms with Gasteiger partial charge in [-0.1, -0.05) is 18.6 Å². The number of allylic oxidation sites excluding steroid dienone is 2. The van der Waals surface area contributed by atoms with Crippen LogP contribution in [0.15, 0.2) is 11.6 Å². The summed E-state index contributed by atoms with van der Waals surface area (Å²) in [5, 5.41) is 0. The molecule has 1 nitrogen and oxygen atoms in total. The fraction of sp³-hybridized carbons (Fsp3) is 0.556. The van der Waals surface area contributed by atoms with Gasteiger partial charge in [0.15, 0.2) is 0 Å². The largest absolute Gasteiger partial charge is 0.300 e. The summed E-state index contributed by atoms with van der Waals surface area (Å²) in [6.45, 7) is 5.72. The van der Waals surface area contributed by atoms with Crippen molar-refractivity contribution in [2.75, 3.05) is 0 Å². The van der Waals surface area contributed by atoms with E-state index in [4.69, 9.17) is 0 Å². The van der Waals surface area contributed by atoms with Crippen molar-refractivity contribution >= 4 is 5.78 Å². The Kier molecular flexibility index (Phi) is 4.91. The van der Waals surface area contributed by atoms with Crippen LogP contribution in [0.4, 0.5) is 0 Å². The van der Waals surface area contributed by atoms with Crippen molar-refractivity contribution in [1.29, 1.82) is 0 Å². The van der Waals surface area contributed by atoms with Gasteiger partial charge in [-0.05, 0) is 26.7 Å². The normalized spacial score (nSPS) is 11.7. The molecule has 0 spiro atoms. The first-order valence-corrected chi connectivity index (χ1v) is 3.66. The molecular weight excluding hydrogens is 124 g/mol. The molecule has 0 saturated heterocycles. The Balaban J connectivity index is 3.48. The molecule has 1 radical (unpaired) electrons. The van der Waals surface area contributed by atoms with E-state index in [0.29, 0.717) is 6.42 Å². The lowest BCUT2D eigenvalue weighted by molar-refractivity contribution is -0.116. The van der Waals surface area contributed by atoms with Crippen molar-refractivity contribution in [3.63, 3.8) is 0 Å². The molecule has 0 aliphatic carbocycles. The Morgan fingerprint density at radius 2 is 2.00 bits per heavy atom. The second-order valence-corrected chi connectivity index (χ2v) is 2.47. The van der Waals surface area contributed by atoms with E-state index >= 15 is 0 Å². The molecule has 0 unspecified atom stereocenters. The Morgan fingerprint density at radius 1 is 1.40 bits per heavy atom. The highest BCUT2D eigenvalue weighted by Gasteiger charge is 1.93. The number of ketones is 1. The maximum absolute atomic E-state index is 10.5. The third-order valence-corrected chi connectivity index (χ3v) is 1.24. The highest BCUT2D eigenvalue weighted by atomic mass is 16.1. The molecule has 0 rings (SSSR count). The minimum absolute atomic E-state index is 0.226. The smallest absolute Gasteiger partial charge is 0.130 e. The van der Waals surface area contributed by atoms with Gasteiger partial charge in [-0.2, -0.15) is 0 Å². The highest BCUT2D eigenvalue weighted by Crippen LogP contribution is 2.03. The van der Waals surface area contributed by atoms with E-state index in [0.717, 1.165) is 6.42 Å². The molecule has 10 heavy (non-hydrogen) atoms. The quantitative estimate of drug-likeness (QED) is 0.585. The second-order valence-electron chi connectivity index (χ2n) is 2.47. The van der Waals surface area contributed by atoms with Gasteiger partial charge >= 0.3 is 0 Å². The van der Waals surface area contributed by atoms with E-state index in [2.05, 4.69) is 13.0 Å². The lowest BCUT2D eigenvalue weighted by atomic mass is 10.1. The van der Waals surface area contributed by atoms with Crippen molar-refractivity contribution in [2.24, 2.45) is 0 Å². The maximum Gasteiger partial charge on any atom is 0.130 e. The topological polar surface area (TPSA) is 17.1 Å². The van der Waals surface area contributed by atoms with Gasteiger partial charge < -0.3 is 4.79 Å². The van der Waals surface area contributed by atoms with Crippen molar-refractivity contribution in [3.8, 4) is 0 Å². The van der Waals surface area contributed by atoms with E-state index < -0.39 is 0 Å². The van der Waals surface area contributed by atoms with Gasteiger partial charge in [0.2, 0.25) is 0 Å². The number of hydrogen-bond acceptors (Lipinski definition) is 1. The van der Waals surface area contributed by atoms with Gasteiger partial charge in [-0.25, -0.2) is 0 Å².